The molecule has 1 fully saturated rings. The fraction of sp³-hybridized carbons (Fsp3) is 0.538. The molecule has 18 heavy (non-hydrogen) atoms. The number of hydrogen-bond donors (Lipinski definition) is 2. The summed E-state index contributed by atoms with van der Waals surface area (Å²) in [7, 11) is 0. The number of H-pyrrole nitrogens is 1. The van der Waals surface area contributed by atoms with Crippen molar-refractivity contribution in [3.05, 3.63) is 34.2 Å². The maximum Gasteiger partial charge on any atom is 0.251 e. The van der Waals surface area contributed by atoms with Gasteiger partial charge in [0.15, 0.2) is 0 Å². The van der Waals surface area contributed by atoms with Crippen molar-refractivity contribution in [3.63, 3.8) is 0 Å². The third-order valence-electron chi connectivity index (χ3n) is 3.46. The summed E-state index contributed by atoms with van der Waals surface area (Å²) in [5, 5.41) is 2.99. The first-order chi connectivity index (χ1) is 8.70. The van der Waals surface area contributed by atoms with Crippen LogP contribution in [0.2, 0.25) is 0 Å². The van der Waals surface area contributed by atoms with Gasteiger partial charge in [0.25, 0.3) is 5.91 Å². The zero-order chi connectivity index (χ0) is 13.0. The summed E-state index contributed by atoms with van der Waals surface area (Å²) >= 11 is 5.92. The van der Waals surface area contributed by atoms with Crippen molar-refractivity contribution >= 4 is 17.5 Å². The van der Waals surface area contributed by atoms with Gasteiger partial charge in [0.2, 0.25) is 5.56 Å². The van der Waals surface area contributed by atoms with E-state index in [-0.39, 0.29) is 17.5 Å². The van der Waals surface area contributed by atoms with E-state index in [1.165, 1.54) is 18.7 Å². The third-order valence-corrected chi connectivity index (χ3v) is 3.86. The van der Waals surface area contributed by atoms with Gasteiger partial charge in [-0.15, -0.1) is 11.6 Å². The van der Waals surface area contributed by atoms with E-state index in [9.17, 15) is 9.59 Å². The van der Waals surface area contributed by atoms with E-state index in [0.717, 1.165) is 19.3 Å². The molecule has 98 valence electrons. The highest BCUT2D eigenvalue weighted by atomic mass is 35.5. The van der Waals surface area contributed by atoms with Crippen molar-refractivity contribution in [1.29, 1.82) is 0 Å². The van der Waals surface area contributed by atoms with Crippen molar-refractivity contribution in [1.82, 2.24) is 10.3 Å². The Kier molecular flexibility index (Phi) is 4.42. The second kappa shape index (κ2) is 6.05. The van der Waals surface area contributed by atoms with Crippen molar-refractivity contribution in [3.8, 4) is 0 Å². The molecule has 5 heteroatoms. The summed E-state index contributed by atoms with van der Waals surface area (Å²) in [6.45, 7) is 0. The molecule has 2 N–H and O–H groups in total. The number of carbonyl (C=O) groups excluding carboxylic acids is 1. The van der Waals surface area contributed by atoms with Crippen LogP contribution in [0.1, 0.15) is 36.0 Å². The van der Waals surface area contributed by atoms with Gasteiger partial charge in [-0.3, -0.25) is 9.59 Å². The van der Waals surface area contributed by atoms with Crippen LogP contribution in [0.3, 0.4) is 0 Å². The Morgan fingerprint density at radius 1 is 1.44 bits per heavy atom. The number of carbonyl (C=O) groups is 1. The summed E-state index contributed by atoms with van der Waals surface area (Å²) in [6, 6.07) is 3.05. The highest BCUT2D eigenvalue weighted by molar-refractivity contribution is 6.18. The molecule has 1 saturated carbocycles. The molecule has 0 saturated heterocycles. The van der Waals surface area contributed by atoms with Crippen LogP contribution in [0.5, 0.6) is 0 Å². The zero-order valence-corrected chi connectivity index (χ0v) is 10.9. The van der Waals surface area contributed by atoms with Crippen LogP contribution >= 0.6 is 11.6 Å². The number of aromatic amines is 1. The number of rotatable bonds is 3. The van der Waals surface area contributed by atoms with E-state index in [1.54, 1.807) is 6.07 Å². The number of amides is 1. The van der Waals surface area contributed by atoms with Gasteiger partial charge >= 0.3 is 0 Å². The van der Waals surface area contributed by atoms with Gasteiger partial charge in [0, 0.05) is 29.7 Å². The van der Waals surface area contributed by atoms with Gasteiger partial charge in [0.1, 0.15) is 0 Å². The monoisotopic (exact) mass is 268 g/mol. The predicted molar refractivity (Wildman–Crippen MR) is 71.0 cm³/mol. The minimum atomic E-state index is -0.264. The Labute approximate surface area is 111 Å². The SMILES string of the molecule is O=C(NC1CCCCC1CCl)c1cc[nH]c(=O)c1. The summed E-state index contributed by atoms with van der Waals surface area (Å²) in [5.74, 6) is 0.717. The molecular formula is C13H17ClN2O2. The number of nitrogens with one attached hydrogen (secondary N) is 2. The molecule has 1 aromatic heterocycles. The largest absolute Gasteiger partial charge is 0.349 e. The molecule has 1 aromatic rings. The molecule has 2 rings (SSSR count). The van der Waals surface area contributed by atoms with Crippen LogP contribution in [0.25, 0.3) is 0 Å². The lowest BCUT2D eigenvalue weighted by molar-refractivity contribution is 0.0911. The molecule has 0 aliphatic heterocycles. The van der Waals surface area contributed by atoms with Gasteiger partial charge in [-0.05, 0) is 24.8 Å². The van der Waals surface area contributed by atoms with Crippen LogP contribution in [-0.4, -0.2) is 22.8 Å². The first-order valence-electron chi connectivity index (χ1n) is 6.26. The van der Waals surface area contributed by atoms with Gasteiger partial charge in [-0.2, -0.15) is 0 Å². The highest BCUT2D eigenvalue weighted by Crippen LogP contribution is 2.25. The zero-order valence-electron chi connectivity index (χ0n) is 10.1. The molecule has 2 atom stereocenters. The summed E-state index contributed by atoms with van der Waals surface area (Å²) in [4.78, 5) is 25.7. The average molecular weight is 269 g/mol. The third kappa shape index (κ3) is 3.13. The first-order valence-corrected chi connectivity index (χ1v) is 6.79. The second-order valence-electron chi connectivity index (χ2n) is 4.72. The Bertz CT molecular complexity index is 472. The number of pyridine rings is 1. The predicted octanol–water partition coefficient (Wildman–Crippen LogP) is 1.90. The van der Waals surface area contributed by atoms with Crippen molar-refractivity contribution in [2.24, 2.45) is 5.92 Å². The smallest absolute Gasteiger partial charge is 0.251 e. The molecule has 1 heterocycles. The van der Waals surface area contributed by atoms with Crippen LogP contribution < -0.4 is 10.9 Å². The Balaban J connectivity index is 2.04. The van der Waals surface area contributed by atoms with Gasteiger partial charge in [-0.1, -0.05) is 12.8 Å². The maximum atomic E-state index is 12.0. The lowest BCUT2D eigenvalue weighted by Gasteiger charge is -2.30. The van der Waals surface area contributed by atoms with E-state index in [0.29, 0.717) is 17.4 Å². The van der Waals surface area contributed by atoms with E-state index in [1.807, 2.05) is 0 Å². The quantitative estimate of drug-likeness (QED) is 0.823. The average Bonchev–Trinajstić information content (AvgIpc) is 2.39. The molecule has 0 spiro atoms. The van der Waals surface area contributed by atoms with E-state index >= 15 is 0 Å². The van der Waals surface area contributed by atoms with E-state index in [4.69, 9.17) is 11.6 Å². The summed E-state index contributed by atoms with van der Waals surface area (Å²) in [6.07, 6.45) is 5.80. The normalized spacial score (nSPS) is 23.6. The van der Waals surface area contributed by atoms with Crippen LogP contribution in [0.15, 0.2) is 23.1 Å². The topological polar surface area (TPSA) is 62.0 Å². The molecule has 0 radical (unpaired) electrons. The molecule has 1 amide bonds. The number of aromatic nitrogens is 1. The fourth-order valence-electron chi connectivity index (χ4n) is 2.42. The molecule has 1 aliphatic carbocycles. The lowest BCUT2D eigenvalue weighted by atomic mass is 9.85. The summed E-state index contributed by atoms with van der Waals surface area (Å²) in [5.41, 5.74) is 0.137. The molecule has 0 bridgehead atoms. The van der Waals surface area contributed by atoms with Gasteiger partial charge in [0.05, 0.1) is 0 Å². The number of alkyl halides is 1. The van der Waals surface area contributed by atoms with Crippen LogP contribution in [0, 0.1) is 5.92 Å². The van der Waals surface area contributed by atoms with Crippen molar-refractivity contribution in [2.75, 3.05) is 5.88 Å². The molecule has 1 aliphatic rings. The van der Waals surface area contributed by atoms with Gasteiger partial charge in [-0.25, -0.2) is 0 Å². The van der Waals surface area contributed by atoms with Crippen molar-refractivity contribution < 1.29 is 4.79 Å². The van der Waals surface area contributed by atoms with Crippen LogP contribution in [0.4, 0.5) is 0 Å². The second-order valence-corrected chi connectivity index (χ2v) is 5.03. The minimum absolute atomic E-state index is 0.128. The van der Waals surface area contributed by atoms with E-state index in [2.05, 4.69) is 10.3 Å². The Morgan fingerprint density at radius 3 is 2.94 bits per heavy atom. The van der Waals surface area contributed by atoms with Crippen LogP contribution in [-0.2, 0) is 0 Å². The lowest BCUT2D eigenvalue weighted by Crippen LogP contribution is -2.43. The highest BCUT2D eigenvalue weighted by Gasteiger charge is 2.25. The Morgan fingerprint density at radius 2 is 2.22 bits per heavy atom. The fourth-order valence-corrected chi connectivity index (χ4v) is 2.79. The molecule has 0 aromatic carbocycles. The standard InChI is InChI=1S/C13H17ClN2O2/c14-8-10-3-1-2-4-11(10)16-13(18)9-5-6-15-12(17)7-9/h5-7,10-11H,1-4,8H2,(H,15,17)(H,16,18). The molecular weight excluding hydrogens is 252 g/mol. The summed E-state index contributed by atoms with van der Waals surface area (Å²) < 4.78 is 0. The van der Waals surface area contributed by atoms with Crippen molar-refractivity contribution in [2.45, 2.75) is 31.7 Å². The molecule has 2 unspecified atom stereocenters. The number of halogens is 1. The Hall–Kier alpha value is -1.29. The maximum absolute atomic E-state index is 12.0. The first kappa shape index (κ1) is 13.1. The minimum Gasteiger partial charge on any atom is -0.349 e. The molecule has 4 nitrogen and oxygen atoms in total. The van der Waals surface area contributed by atoms with Gasteiger partial charge < -0.3 is 10.3 Å². The van der Waals surface area contributed by atoms with E-state index < -0.39 is 0 Å². The number of hydrogen-bond acceptors (Lipinski definition) is 2.